The van der Waals surface area contributed by atoms with Gasteiger partial charge < -0.3 is 9.47 Å². The molecule has 3 nitrogen and oxygen atoms in total. The predicted octanol–water partition coefficient (Wildman–Crippen LogP) is 3.64. The van der Waals surface area contributed by atoms with Crippen LogP contribution in [0.4, 0.5) is 0 Å². The van der Waals surface area contributed by atoms with Crippen LogP contribution in [-0.2, 0) is 11.2 Å². The van der Waals surface area contributed by atoms with Gasteiger partial charge in [-0.15, -0.1) is 0 Å². The fraction of sp³-hybridized carbons (Fsp3) is 0.455. The minimum atomic E-state index is 0.0393. The van der Waals surface area contributed by atoms with E-state index in [9.17, 15) is 0 Å². The number of fused-ring (bicyclic) bond motifs is 1. The number of nitrogens with zero attached hydrogens (tertiary/aromatic N) is 1. The molecule has 2 heterocycles. The molecule has 0 radical (unpaired) electrons. The van der Waals surface area contributed by atoms with E-state index in [1.807, 2.05) is 30.3 Å². The van der Waals surface area contributed by atoms with Gasteiger partial charge in [0, 0.05) is 26.1 Å². The number of ether oxygens (including phenoxy) is 2. The van der Waals surface area contributed by atoms with Crippen LogP contribution in [0.15, 0.2) is 54.6 Å². The SMILES string of the molecule is c1ccc(O[C@@H]2COC3(C2)CN(C[C@H]2CCc4ccccc42)C3)cc1. The van der Waals surface area contributed by atoms with E-state index in [1.165, 1.54) is 19.4 Å². The van der Waals surface area contributed by atoms with Crippen LogP contribution in [0.3, 0.4) is 0 Å². The summed E-state index contributed by atoms with van der Waals surface area (Å²) in [6.45, 7) is 4.00. The number of hydrogen-bond donors (Lipinski definition) is 0. The summed E-state index contributed by atoms with van der Waals surface area (Å²) in [6, 6.07) is 19.1. The third-order valence-corrected chi connectivity index (χ3v) is 5.98. The first-order valence-corrected chi connectivity index (χ1v) is 9.46. The summed E-state index contributed by atoms with van der Waals surface area (Å²) in [5.41, 5.74) is 3.16. The number of rotatable bonds is 4. The summed E-state index contributed by atoms with van der Waals surface area (Å²) in [6.07, 6.45) is 3.74. The monoisotopic (exact) mass is 335 g/mol. The van der Waals surface area contributed by atoms with Crippen LogP contribution in [0.1, 0.15) is 29.9 Å². The van der Waals surface area contributed by atoms with Crippen molar-refractivity contribution in [2.24, 2.45) is 0 Å². The summed E-state index contributed by atoms with van der Waals surface area (Å²) in [4.78, 5) is 2.57. The molecular weight excluding hydrogens is 310 g/mol. The van der Waals surface area contributed by atoms with E-state index >= 15 is 0 Å². The van der Waals surface area contributed by atoms with Crippen LogP contribution in [-0.4, -0.2) is 42.8 Å². The highest BCUT2D eigenvalue weighted by molar-refractivity contribution is 5.35. The molecular formula is C22H25NO2. The van der Waals surface area contributed by atoms with Crippen LogP contribution in [0.5, 0.6) is 5.75 Å². The van der Waals surface area contributed by atoms with Crippen LogP contribution in [0.25, 0.3) is 0 Å². The van der Waals surface area contributed by atoms with E-state index in [0.717, 1.165) is 31.9 Å². The number of aryl methyl sites for hydroxylation is 1. The quantitative estimate of drug-likeness (QED) is 0.851. The molecule has 0 aromatic heterocycles. The van der Waals surface area contributed by atoms with Crippen LogP contribution in [0, 0.1) is 0 Å². The van der Waals surface area contributed by atoms with Gasteiger partial charge >= 0.3 is 0 Å². The molecule has 2 aromatic rings. The predicted molar refractivity (Wildman–Crippen MR) is 98.1 cm³/mol. The Morgan fingerprint density at radius 1 is 1.04 bits per heavy atom. The van der Waals surface area contributed by atoms with Gasteiger partial charge in [0.2, 0.25) is 0 Å². The Kier molecular flexibility index (Phi) is 3.79. The molecule has 3 aliphatic rings. The average molecular weight is 335 g/mol. The van der Waals surface area contributed by atoms with E-state index in [0.29, 0.717) is 5.92 Å². The topological polar surface area (TPSA) is 21.7 Å². The molecule has 0 N–H and O–H groups in total. The van der Waals surface area contributed by atoms with Crippen LogP contribution in [0.2, 0.25) is 0 Å². The van der Waals surface area contributed by atoms with Gasteiger partial charge in [0.15, 0.2) is 0 Å². The third kappa shape index (κ3) is 2.96. The summed E-state index contributed by atoms with van der Waals surface area (Å²) in [7, 11) is 0. The lowest BCUT2D eigenvalue weighted by Crippen LogP contribution is -2.62. The molecule has 1 spiro atoms. The van der Waals surface area contributed by atoms with Gasteiger partial charge in [-0.3, -0.25) is 4.90 Å². The van der Waals surface area contributed by atoms with E-state index < -0.39 is 0 Å². The van der Waals surface area contributed by atoms with Crippen molar-refractivity contribution < 1.29 is 9.47 Å². The molecule has 0 unspecified atom stereocenters. The fourth-order valence-corrected chi connectivity index (χ4v) is 4.83. The molecule has 2 saturated heterocycles. The van der Waals surface area contributed by atoms with Gasteiger partial charge in [0.1, 0.15) is 11.9 Å². The Hall–Kier alpha value is -1.84. The largest absolute Gasteiger partial charge is 0.488 e. The summed E-state index contributed by atoms with van der Waals surface area (Å²) in [5.74, 6) is 1.65. The van der Waals surface area contributed by atoms with Gasteiger partial charge in [-0.1, -0.05) is 42.5 Å². The molecule has 2 aromatic carbocycles. The number of hydrogen-bond acceptors (Lipinski definition) is 3. The minimum Gasteiger partial charge on any atom is -0.488 e. The average Bonchev–Trinajstić information content (AvgIpc) is 3.21. The molecule has 5 rings (SSSR count). The Bertz CT molecular complexity index is 739. The second-order valence-electron chi connectivity index (χ2n) is 7.86. The van der Waals surface area contributed by atoms with Crippen molar-refractivity contribution in [1.82, 2.24) is 4.90 Å². The Balaban J connectivity index is 1.15. The first kappa shape index (κ1) is 15.4. The lowest BCUT2D eigenvalue weighted by Gasteiger charge is -2.48. The Labute approximate surface area is 149 Å². The first-order chi connectivity index (χ1) is 12.3. The lowest BCUT2D eigenvalue weighted by molar-refractivity contribution is -0.112. The summed E-state index contributed by atoms with van der Waals surface area (Å²) >= 11 is 0. The van der Waals surface area contributed by atoms with Crippen molar-refractivity contribution in [3.63, 3.8) is 0 Å². The zero-order valence-corrected chi connectivity index (χ0v) is 14.6. The smallest absolute Gasteiger partial charge is 0.125 e. The second-order valence-corrected chi connectivity index (χ2v) is 7.86. The molecule has 0 bridgehead atoms. The molecule has 2 aliphatic heterocycles. The number of benzene rings is 2. The maximum absolute atomic E-state index is 6.16. The molecule has 0 saturated carbocycles. The van der Waals surface area contributed by atoms with Crippen molar-refractivity contribution in [3.05, 3.63) is 65.7 Å². The number of likely N-dealkylation sites (tertiary alicyclic amines) is 1. The lowest BCUT2D eigenvalue weighted by atomic mass is 9.88. The van der Waals surface area contributed by atoms with Crippen molar-refractivity contribution in [1.29, 1.82) is 0 Å². The van der Waals surface area contributed by atoms with Gasteiger partial charge in [0.05, 0.1) is 12.2 Å². The standard InChI is InChI=1S/C22H25NO2/c1-2-7-19(8-3-1)25-20-12-22(24-14-20)15-23(16-22)13-18-11-10-17-6-4-5-9-21(17)18/h1-9,18,20H,10-16H2/t18-,20+/m1/s1. The summed E-state index contributed by atoms with van der Waals surface area (Å²) in [5, 5.41) is 0. The van der Waals surface area contributed by atoms with Crippen molar-refractivity contribution >= 4 is 0 Å². The minimum absolute atomic E-state index is 0.0393. The van der Waals surface area contributed by atoms with Gasteiger partial charge in [-0.2, -0.15) is 0 Å². The highest BCUT2D eigenvalue weighted by atomic mass is 16.6. The van der Waals surface area contributed by atoms with Gasteiger partial charge in [0.25, 0.3) is 0 Å². The molecule has 130 valence electrons. The normalized spacial score (nSPS) is 27.2. The highest BCUT2D eigenvalue weighted by Gasteiger charge is 2.50. The van der Waals surface area contributed by atoms with E-state index in [2.05, 4.69) is 29.2 Å². The maximum Gasteiger partial charge on any atom is 0.125 e. The number of para-hydroxylation sites is 1. The summed E-state index contributed by atoms with van der Waals surface area (Å²) < 4.78 is 12.2. The fourth-order valence-electron chi connectivity index (χ4n) is 4.83. The van der Waals surface area contributed by atoms with Crippen molar-refractivity contribution in [2.75, 3.05) is 26.2 Å². The highest BCUT2D eigenvalue weighted by Crippen LogP contribution is 2.40. The van der Waals surface area contributed by atoms with Crippen LogP contribution < -0.4 is 4.74 Å². The Morgan fingerprint density at radius 2 is 1.84 bits per heavy atom. The Morgan fingerprint density at radius 3 is 2.72 bits per heavy atom. The van der Waals surface area contributed by atoms with E-state index in [4.69, 9.17) is 9.47 Å². The molecule has 0 amide bonds. The van der Waals surface area contributed by atoms with Crippen molar-refractivity contribution in [2.45, 2.75) is 36.9 Å². The second kappa shape index (κ2) is 6.15. The van der Waals surface area contributed by atoms with Crippen LogP contribution >= 0.6 is 0 Å². The van der Waals surface area contributed by atoms with E-state index in [1.54, 1.807) is 11.1 Å². The molecule has 2 fully saturated rings. The van der Waals surface area contributed by atoms with Gasteiger partial charge in [-0.25, -0.2) is 0 Å². The third-order valence-electron chi connectivity index (χ3n) is 5.98. The molecule has 3 heteroatoms. The van der Waals surface area contributed by atoms with Crippen molar-refractivity contribution in [3.8, 4) is 5.75 Å². The van der Waals surface area contributed by atoms with E-state index in [-0.39, 0.29) is 11.7 Å². The zero-order chi connectivity index (χ0) is 16.7. The first-order valence-electron chi connectivity index (χ1n) is 9.46. The molecule has 1 aliphatic carbocycles. The molecule has 2 atom stereocenters. The zero-order valence-electron chi connectivity index (χ0n) is 14.6. The van der Waals surface area contributed by atoms with Gasteiger partial charge in [-0.05, 0) is 42.0 Å². The maximum atomic E-state index is 6.16. The molecule has 25 heavy (non-hydrogen) atoms.